The lowest BCUT2D eigenvalue weighted by molar-refractivity contribution is 0.134. The fourth-order valence-corrected chi connectivity index (χ4v) is 5.03. The van der Waals surface area contributed by atoms with Crippen molar-refractivity contribution in [3.63, 3.8) is 0 Å². The summed E-state index contributed by atoms with van der Waals surface area (Å²) in [5, 5.41) is 0. The van der Waals surface area contributed by atoms with Crippen LogP contribution in [-0.4, -0.2) is 19.0 Å². The summed E-state index contributed by atoms with van der Waals surface area (Å²) in [4.78, 5) is 2.29. The highest BCUT2D eigenvalue weighted by molar-refractivity contribution is 5.35. The topological polar surface area (TPSA) is 3.24 Å². The van der Waals surface area contributed by atoms with Crippen molar-refractivity contribution in [3.05, 3.63) is 35.4 Å². The molecule has 1 aromatic carbocycles. The summed E-state index contributed by atoms with van der Waals surface area (Å²) >= 11 is 0. The second-order valence-electron chi connectivity index (χ2n) is 8.10. The first kappa shape index (κ1) is 14.1. The van der Waals surface area contributed by atoms with Crippen molar-refractivity contribution in [2.24, 2.45) is 16.7 Å². The Balaban J connectivity index is 1.99. The van der Waals surface area contributed by atoms with Gasteiger partial charge in [0, 0.05) is 6.54 Å². The lowest BCUT2D eigenvalue weighted by Gasteiger charge is -2.40. The maximum atomic E-state index is 2.55. The van der Waals surface area contributed by atoms with E-state index in [0.29, 0.717) is 10.8 Å². The molecule has 0 radical (unpaired) electrons. The van der Waals surface area contributed by atoms with Crippen molar-refractivity contribution < 1.29 is 0 Å². The van der Waals surface area contributed by atoms with Crippen LogP contribution in [0.25, 0.3) is 0 Å². The molecule has 1 nitrogen and oxygen atoms in total. The summed E-state index contributed by atoms with van der Waals surface area (Å²) in [6.45, 7) is 8.64. The zero-order valence-electron chi connectivity index (χ0n) is 13.7. The van der Waals surface area contributed by atoms with Crippen molar-refractivity contribution in [1.29, 1.82) is 0 Å². The van der Waals surface area contributed by atoms with E-state index in [1.54, 1.807) is 5.56 Å². The molecular weight excluding hydrogens is 242 g/mol. The van der Waals surface area contributed by atoms with Crippen LogP contribution < -0.4 is 0 Å². The highest BCUT2D eigenvalue weighted by atomic mass is 15.0. The van der Waals surface area contributed by atoms with Gasteiger partial charge in [-0.15, -0.1) is 0 Å². The van der Waals surface area contributed by atoms with Gasteiger partial charge in [0.05, 0.1) is 0 Å². The molecule has 3 rings (SSSR count). The predicted octanol–water partition coefficient (Wildman–Crippen LogP) is 4.68. The third-order valence-electron chi connectivity index (χ3n) is 6.71. The predicted molar refractivity (Wildman–Crippen MR) is 85.8 cm³/mol. The van der Waals surface area contributed by atoms with E-state index in [4.69, 9.17) is 0 Å². The van der Waals surface area contributed by atoms with E-state index >= 15 is 0 Å². The molecular formula is C19H29N. The fourth-order valence-electron chi connectivity index (χ4n) is 5.03. The molecule has 3 unspecified atom stereocenters. The Morgan fingerprint density at radius 2 is 1.85 bits per heavy atom. The van der Waals surface area contributed by atoms with Crippen molar-refractivity contribution in [2.75, 3.05) is 14.1 Å². The van der Waals surface area contributed by atoms with E-state index in [1.165, 1.54) is 24.8 Å². The number of rotatable bonds is 3. The standard InChI is InChI=1S/C19H29N/c1-18(2)15-10-11-19(18,3)17(12-15)16-9-7-6-8-14(16)13-20(4)5/h6-9,15,17H,10-13H2,1-5H3. The first-order valence-electron chi connectivity index (χ1n) is 8.09. The minimum absolute atomic E-state index is 0.486. The average Bonchev–Trinajstić information content (AvgIpc) is 2.71. The van der Waals surface area contributed by atoms with E-state index < -0.39 is 0 Å². The normalized spacial score (nSPS) is 34.9. The largest absolute Gasteiger partial charge is 0.305 e. The lowest BCUT2D eigenvalue weighted by atomic mass is 9.64. The van der Waals surface area contributed by atoms with Crippen LogP contribution in [0.15, 0.2) is 24.3 Å². The highest BCUT2D eigenvalue weighted by Crippen LogP contribution is 2.71. The molecule has 20 heavy (non-hydrogen) atoms. The van der Waals surface area contributed by atoms with Gasteiger partial charge in [0.2, 0.25) is 0 Å². The first-order valence-corrected chi connectivity index (χ1v) is 8.09. The molecule has 2 fully saturated rings. The first-order chi connectivity index (χ1) is 9.36. The second kappa shape index (κ2) is 4.59. The third-order valence-corrected chi connectivity index (χ3v) is 6.71. The zero-order valence-corrected chi connectivity index (χ0v) is 13.7. The Kier molecular flexibility index (Phi) is 3.25. The van der Waals surface area contributed by atoms with Crippen LogP contribution in [0.5, 0.6) is 0 Å². The van der Waals surface area contributed by atoms with Gasteiger partial charge in [0.25, 0.3) is 0 Å². The molecule has 2 aliphatic rings. The van der Waals surface area contributed by atoms with E-state index in [1.807, 2.05) is 0 Å². The summed E-state index contributed by atoms with van der Waals surface area (Å²) in [6.07, 6.45) is 4.25. The molecule has 1 aromatic rings. The monoisotopic (exact) mass is 271 g/mol. The zero-order chi connectivity index (χ0) is 14.5. The van der Waals surface area contributed by atoms with Gasteiger partial charge in [-0.05, 0) is 67.2 Å². The van der Waals surface area contributed by atoms with E-state index in [2.05, 4.69) is 64.0 Å². The molecule has 0 aliphatic heterocycles. The second-order valence-corrected chi connectivity index (χ2v) is 8.10. The summed E-state index contributed by atoms with van der Waals surface area (Å²) in [6, 6.07) is 9.16. The van der Waals surface area contributed by atoms with Crippen LogP contribution in [0.2, 0.25) is 0 Å². The Labute approximate surface area is 124 Å². The number of hydrogen-bond acceptors (Lipinski definition) is 1. The average molecular weight is 271 g/mol. The van der Waals surface area contributed by atoms with Crippen molar-refractivity contribution >= 4 is 0 Å². The van der Waals surface area contributed by atoms with Crippen LogP contribution in [0.3, 0.4) is 0 Å². The lowest BCUT2D eigenvalue weighted by Crippen LogP contribution is -2.31. The Morgan fingerprint density at radius 3 is 2.40 bits per heavy atom. The molecule has 2 saturated carbocycles. The maximum Gasteiger partial charge on any atom is 0.0230 e. The number of nitrogens with zero attached hydrogens (tertiary/aromatic N) is 1. The molecule has 2 aliphatic carbocycles. The van der Waals surface area contributed by atoms with Gasteiger partial charge in [-0.3, -0.25) is 0 Å². The van der Waals surface area contributed by atoms with Crippen LogP contribution in [0, 0.1) is 16.7 Å². The molecule has 1 heteroatoms. The van der Waals surface area contributed by atoms with Crippen LogP contribution in [-0.2, 0) is 6.54 Å². The van der Waals surface area contributed by atoms with Gasteiger partial charge in [0.1, 0.15) is 0 Å². The Morgan fingerprint density at radius 1 is 1.15 bits per heavy atom. The van der Waals surface area contributed by atoms with Crippen LogP contribution >= 0.6 is 0 Å². The molecule has 2 bridgehead atoms. The number of benzene rings is 1. The number of fused-ring (bicyclic) bond motifs is 2. The fraction of sp³-hybridized carbons (Fsp3) is 0.684. The minimum atomic E-state index is 0.486. The van der Waals surface area contributed by atoms with E-state index in [-0.39, 0.29) is 0 Å². The van der Waals surface area contributed by atoms with E-state index in [0.717, 1.165) is 18.4 Å². The van der Waals surface area contributed by atoms with Gasteiger partial charge in [-0.1, -0.05) is 45.0 Å². The SMILES string of the molecule is CN(C)Cc1ccccc1C1CC2CCC1(C)C2(C)C. The van der Waals surface area contributed by atoms with Gasteiger partial charge in [-0.2, -0.15) is 0 Å². The van der Waals surface area contributed by atoms with Crippen molar-refractivity contribution in [2.45, 2.75) is 52.5 Å². The Hall–Kier alpha value is -0.820. The summed E-state index contributed by atoms with van der Waals surface area (Å²) in [5.41, 5.74) is 4.15. The molecule has 0 N–H and O–H groups in total. The molecule has 0 heterocycles. The minimum Gasteiger partial charge on any atom is -0.305 e. The van der Waals surface area contributed by atoms with Crippen molar-refractivity contribution in [1.82, 2.24) is 4.90 Å². The van der Waals surface area contributed by atoms with Gasteiger partial charge in [-0.25, -0.2) is 0 Å². The quantitative estimate of drug-likeness (QED) is 0.771. The van der Waals surface area contributed by atoms with Crippen LogP contribution in [0.4, 0.5) is 0 Å². The van der Waals surface area contributed by atoms with Gasteiger partial charge < -0.3 is 4.90 Å². The summed E-state index contributed by atoms with van der Waals surface area (Å²) in [7, 11) is 4.34. The molecule has 0 spiro atoms. The van der Waals surface area contributed by atoms with Gasteiger partial charge >= 0.3 is 0 Å². The van der Waals surface area contributed by atoms with Crippen LogP contribution in [0.1, 0.15) is 57.1 Å². The van der Waals surface area contributed by atoms with E-state index in [9.17, 15) is 0 Å². The smallest absolute Gasteiger partial charge is 0.0230 e. The summed E-state index contributed by atoms with van der Waals surface area (Å²) < 4.78 is 0. The molecule has 0 amide bonds. The Bertz CT molecular complexity index is 502. The molecule has 0 aromatic heterocycles. The molecule has 0 saturated heterocycles. The summed E-state index contributed by atoms with van der Waals surface area (Å²) in [5.74, 6) is 1.68. The highest BCUT2D eigenvalue weighted by Gasteiger charge is 2.61. The number of hydrogen-bond donors (Lipinski definition) is 0. The third kappa shape index (κ3) is 1.86. The molecule has 110 valence electrons. The molecule has 3 atom stereocenters. The van der Waals surface area contributed by atoms with Gasteiger partial charge in [0.15, 0.2) is 0 Å². The van der Waals surface area contributed by atoms with Crippen molar-refractivity contribution in [3.8, 4) is 0 Å². The maximum absolute atomic E-state index is 2.55.